The molecule has 0 aromatic heterocycles. The van der Waals surface area contributed by atoms with Crippen LogP contribution in [0.3, 0.4) is 0 Å². The summed E-state index contributed by atoms with van der Waals surface area (Å²) in [5, 5.41) is 9.77. The summed E-state index contributed by atoms with van der Waals surface area (Å²) in [5.41, 5.74) is -1.10. The molecule has 0 aliphatic carbocycles. The van der Waals surface area contributed by atoms with Gasteiger partial charge in [-0.1, -0.05) is 27.7 Å². The van der Waals surface area contributed by atoms with E-state index in [1.165, 1.54) is 0 Å². The van der Waals surface area contributed by atoms with Crippen LogP contribution in [0.15, 0.2) is 0 Å². The molecule has 110 valence electrons. The zero-order valence-electron chi connectivity index (χ0n) is 12.8. The molecule has 2 fully saturated rings. The number of Topliss-reactive ketones (excluding diaryl/α,β-unsaturated/α-hetero) is 1. The Morgan fingerprint density at radius 2 is 2.05 bits per heavy atom. The molecule has 19 heavy (non-hydrogen) atoms. The van der Waals surface area contributed by atoms with E-state index in [4.69, 9.17) is 9.16 Å². The molecular formula is C14H26O4Si. The number of carbonyl (C=O) groups excluding carboxylic acids is 1. The first-order valence-corrected chi connectivity index (χ1v) is 9.97. The van der Waals surface area contributed by atoms with E-state index in [9.17, 15) is 9.90 Å². The van der Waals surface area contributed by atoms with Gasteiger partial charge in [0.05, 0.1) is 18.8 Å². The van der Waals surface area contributed by atoms with Crippen molar-refractivity contribution in [1.82, 2.24) is 0 Å². The topological polar surface area (TPSA) is 55.8 Å². The van der Waals surface area contributed by atoms with E-state index in [2.05, 4.69) is 33.9 Å². The normalized spacial score (nSPS) is 39.1. The molecule has 0 spiro atoms. The predicted octanol–water partition coefficient (Wildman–Crippen LogP) is 2.12. The summed E-state index contributed by atoms with van der Waals surface area (Å²) >= 11 is 0. The molecule has 2 rings (SSSR count). The first kappa shape index (κ1) is 15.2. The van der Waals surface area contributed by atoms with Crippen LogP contribution < -0.4 is 0 Å². The van der Waals surface area contributed by atoms with E-state index < -0.39 is 13.9 Å². The summed E-state index contributed by atoms with van der Waals surface area (Å²) in [7, 11) is -1.97. The van der Waals surface area contributed by atoms with Gasteiger partial charge >= 0.3 is 0 Å². The zero-order valence-corrected chi connectivity index (χ0v) is 13.8. The minimum Gasteiger partial charge on any atom is -0.410 e. The molecule has 4 nitrogen and oxygen atoms in total. The van der Waals surface area contributed by atoms with Crippen LogP contribution in [0.25, 0.3) is 0 Å². The minimum absolute atomic E-state index is 0.00922. The summed E-state index contributed by atoms with van der Waals surface area (Å²) in [5.74, 6) is -0.110. The van der Waals surface area contributed by atoms with Crippen molar-refractivity contribution in [1.29, 1.82) is 0 Å². The molecule has 2 aliphatic rings. The molecule has 2 saturated heterocycles. The van der Waals surface area contributed by atoms with Gasteiger partial charge in [-0.25, -0.2) is 0 Å². The minimum atomic E-state index is -1.97. The fraction of sp³-hybridized carbons (Fsp3) is 0.929. The lowest BCUT2D eigenvalue weighted by atomic mass is 9.79. The second-order valence-electron chi connectivity index (χ2n) is 7.46. The molecule has 0 saturated carbocycles. The summed E-state index contributed by atoms with van der Waals surface area (Å²) < 4.78 is 12.1. The van der Waals surface area contributed by atoms with Crippen LogP contribution in [-0.2, 0) is 14.0 Å². The summed E-state index contributed by atoms with van der Waals surface area (Å²) in [6.07, 6.45) is 0.349. The second-order valence-corrected chi connectivity index (χ2v) is 12.2. The Morgan fingerprint density at radius 3 is 2.47 bits per heavy atom. The van der Waals surface area contributed by atoms with Gasteiger partial charge < -0.3 is 14.3 Å². The Kier molecular flexibility index (Phi) is 3.50. The molecule has 2 aliphatic heterocycles. The molecule has 0 amide bonds. The zero-order chi connectivity index (χ0) is 14.6. The molecule has 0 radical (unpaired) electrons. The summed E-state index contributed by atoms with van der Waals surface area (Å²) in [4.78, 5) is 12.3. The van der Waals surface area contributed by atoms with Gasteiger partial charge in [0, 0.05) is 12.3 Å². The third kappa shape index (κ3) is 2.11. The predicted molar refractivity (Wildman–Crippen MR) is 75.5 cm³/mol. The van der Waals surface area contributed by atoms with Crippen LogP contribution >= 0.6 is 0 Å². The lowest BCUT2D eigenvalue weighted by molar-refractivity contribution is -0.143. The van der Waals surface area contributed by atoms with Crippen molar-refractivity contribution in [3.63, 3.8) is 0 Å². The molecule has 0 unspecified atom stereocenters. The summed E-state index contributed by atoms with van der Waals surface area (Å²) in [6.45, 7) is 12.4. The number of ether oxygens (including phenoxy) is 1. The van der Waals surface area contributed by atoms with E-state index in [1.54, 1.807) is 0 Å². The van der Waals surface area contributed by atoms with Crippen LogP contribution in [0.5, 0.6) is 0 Å². The quantitative estimate of drug-likeness (QED) is 0.807. The number of aliphatic hydroxyl groups is 1. The number of rotatable bonds is 3. The van der Waals surface area contributed by atoms with Crippen LogP contribution in [0.1, 0.15) is 34.1 Å². The highest BCUT2D eigenvalue weighted by molar-refractivity contribution is 6.74. The van der Waals surface area contributed by atoms with E-state index in [0.29, 0.717) is 0 Å². The Bertz CT molecular complexity index is 387. The molecule has 2 bridgehead atoms. The molecule has 2 heterocycles. The average Bonchev–Trinajstić information content (AvgIpc) is 2.74. The van der Waals surface area contributed by atoms with E-state index in [0.717, 1.165) is 6.42 Å². The van der Waals surface area contributed by atoms with Crippen molar-refractivity contribution in [2.24, 2.45) is 5.92 Å². The average molecular weight is 286 g/mol. The molecular weight excluding hydrogens is 260 g/mol. The van der Waals surface area contributed by atoms with Gasteiger partial charge in [-0.3, -0.25) is 4.79 Å². The van der Waals surface area contributed by atoms with E-state index >= 15 is 0 Å². The lowest BCUT2D eigenvalue weighted by Gasteiger charge is -2.42. The van der Waals surface area contributed by atoms with E-state index in [-0.39, 0.29) is 35.6 Å². The highest BCUT2D eigenvalue weighted by Crippen LogP contribution is 2.48. The van der Waals surface area contributed by atoms with Crippen molar-refractivity contribution in [3.05, 3.63) is 0 Å². The Labute approximate surface area is 116 Å². The van der Waals surface area contributed by atoms with Gasteiger partial charge in [0.15, 0.2) is 19.7 Å². The maximum Gasteiger partial charge on any atom is 0.192 e. The van der Waals surface area contributed by atoms with Crippen LogP contribution in [-0.4, -0.2) is 43.6 Å². The maximum absolute atomic E-state index is 12.3. The number of carbonyl (C=O) groups is 1. The first-order valence-electron chi connectivity index (χ1n) is 7.06. The molecule has 4 atom stereocenters. The van der Waals surface area contributed by atoms with Crippen LogP contribution in [0.4, 0.5) is 0 Å². The number of hydrogen-bond donors (Lipinski definition) is 1. The van der Waals surface area contributed by atoms with Gasteiger partial charge in [-0.05, 0) is 18.1 Å². The number of fused-ring (bicyclic) bond motifs is 2. The number of ketones is 1. The van der Waals surface area contributed by atoms with Crippen molar-refractivity contribution in [2.75, 3.05) is 6.61 Å². The van der Waals surface area contributed by atoms with Crippen LogP contribution in [0.2, 0.25) is 18.1 Å². The maximum atomic E-state index is 12.3. The third-order valence-electron chi connectivity index (χ3n) is 5.19. The second kappa shape index (κ2) is 4.38. The smallest absolute Gasteiger partial charge is 0.192 e. The lowest BCUT2D eigenvalue weighted by Crippen LogP contribution is -2.57. The van der Waals surface area contributed by atoms with Crippen LogP contribution in [0, 0.1) is 5.92 Å². The molecule has 1 N–H and O–H groups in total. The Balaban J connectivity index is 2.22. The first-order chi connectivity index (χ1) is 8.55. The SMILES string of the molecule is C[C@@H]1C(=O)[C@@]2(CO)O[C@H]1C[C@@H]2O[Si](C)(C)C(C)(C)C. The van der Waals surface area contributed by atoms with E-state index in [1.807, 2.05) is 6.92 Å². The highest BCUT2D eigenvalue weighted by atomic mass is 28.4. The van der Waals surface area contributed by atoms with Gasteiger partial charge in [-0.15, -0.1) is 0 Å². The molecule has 0 aromatic rings. The van der Waals surface area contributed by atoms with Crippen molar-refractivity contribution in [3.8, 4) is 0 Å². The van der Waals surface area contributed by atoms with Crippen molar-refractivity contribution in [2.45, 2.75) is 70.1 Å². The largest absolute Gasteiger partial charge is 0.410 e. The van der Waals surface area contributed by atoms with Gasteiger partial charge in [0.1, 0.15) is 0 Å². The standard InChI is InChI=1S/C14H26O4Si/c1-9-10-7-11(14(8-15,17-10)12(9)16)18-19(5,6)13(2,3)4/h9-11,15H,7-8H2,1-6H3/t9-,10-,11-,14-/m0/s1. The van der Waals surface area contributed by atoms with Gasteiger partial charge in [0.25, 0.3) is 0 Å². The fourth-order valence-corrected chi connectivity index (χ4v) is 4.12. The number of aliphatic hydroxyl groups excluding tert-OH is 1. The third-order valence-corrected chi connectivity index (χ3v) is 9.68. The monoisotopic (exact) mass is 286 g/mol. The Morgan fingerprint density at radius 1 is 1.47 bits per heavy atom. The summed E-state index contributed by atoms with van der Waals surface area (Å²) in [6, 6.07) is 0. The Hall–Kier alpha value is -0.233. The highest BCUT2D eigenvalue weighted by Gasteiger charge is 2.64. The molecule has 0 aromatic carbocycles. The van der Waals surface area contributed by atoms with Crippen molar-refractivity contribution >= 4 is 14.1 Å². The number of hydrogen-bond acceptors (Lipinski definition) is 4. The molecule has 5 heteroatoms. The van der Waals surface area contributed by atoms with Gasteiger partial charge in [0.2, 0.25) is 0 Å². The van der Waals surface area contributed by atoms with Gasteiger partial charge in [-0.2, -0.15) is 0 Å². The fourth-order valence-electron chi connectivity index (χ4n) is 2.77. The van der Waals surface area contributed by atoms with Crippen molar-refractivity contribution < 1.29 is 19.1 Å².